The Morgan fingerprint density at radius 3 is 2.12 bits per heavy atom. The van der Waals surface area contributed by atoms with Gasteiger partial charge in [-0.15, -0.1) is 0 Å². The Morgan fingerprint density at radius 2 is 1.48 bits per heavy atom. The maximum Gasteiger partial charge on any atom is 0.235 e. The molecule has 1 aromatic heterocycles. The third kappa shape index (κ3) is 3.55. The van der Waals surface area contributed by atoms with Crippen LogP contribution < -0.4 is 0 Å². The monoisotopic (exact) mass is 335 g/mol. The Balaban J connectivity index is 1.51. The number of benzene rings is 1. The van der Waals surface area contributed by atoms with E-state index in [1.54, 1.807) is 0 Å². The summed E-state index contributed by atoms with van der Waals surface area (Å²) in [5.41, 5.74) is 2.74. The maximum atomic E-state index is 5.79. The molecule has 0 spiro atoms. The highest BCUT2D eigenvalue weighted by atomic mass is 16.5. The fourth-order valence-corrected chi connectivity index (χ4v) is 2.98. The van der Waals surface area contributed by atoms with Crippen LogP contribution in [0.15, 0.2) is 58.5 Å². The van der Waals surface area contributed by atoms with Crippen LogP contribution in [-0.4, -0.2) is 42.1 Å². The molecule has 0 amide bonds. The van der Waals surface area contributed by atoms with Gasteiger partial charge in [0.25, 0.3) is 0 Å². The fourth-order valence-electron chi connectivity index (χ4n) is 2.98. The van der Waals surface area contributed by atoms with E-state index in [-0.39, 0.29) is 12.1 Å². The smallest absolute Gasteiger partial charge is 0.235 e. The van der Waals surface area contributed by atoms with Gasteiger partial charge in [-0.1, -0.05) is 43.3 Å². The summed E-state index contributed by atoms with van der Waals surface area (Å²) in [5, 5.41) is 0. The molecule has 128 valence electrons. The minimum atomic E-state index is 0.132. The van der Waals surface area contributed by atoms with Crippen molar-refractivity contribution >= 4 is 11.8 Å². The number of rotatable bonds is 5. The zero-order valence-electron chi connectivity index (χ0n) is 14.3. The molecule has 0 bridgehead atoms. The molecule has 0 saturated heterocycles. The van der Waals surface area contributed by atoms with Gasteiger partial charge in [-0.25, -0.2) is 15.0 Å². The van der Waals surface area contributed by atoms with Crippen molar-refractivity contribution in [2.75, 3.05) is 13.2 Å². The van der Waals surface area contributed by atoms with Crippen molar-refractivity contribution in [2.45, 2.75) is 31.8 Å². The molecule has 2 aliphatic rings. The molecule has 0 radical (unpaired) electrons. The molecule has 2 aromatic rings. The molecular weight excluding hydrogens is 314 g/mol. The summed E-state index contributed by atoms with van der Waals surface area (Å²) >= 11 is 0. The summed E-state index contributed by atoms with van der Waals surface area (Å²) < 4.78 is 11.5. The van der Waals surface area contributed by atoms with Crippen LogP contribution >= 0.6 is 0 Å². The Labute approximate surface area is 147 Å². The van der Waals surface area contributed by atoms with Gasteiger partial charge in [0.05, 0.1) is 12.1 Å². The van der Waals surface area contributed by atoms with Crippen molar-refractivity contribution in [3.63, 3.8) is 0 Å². The van der Waals surface area contributed by atoms with Crippen molar-refractivity contribution in [3.8, 4) is 0 Å². The van der Waals surface area contributed by atoms with Gasteiger partial charge >= 0.3 is 0 Å². The third-order valence-corrected chi connectivity index (χ3v) is 4.40. The van der Waals surface area contributed by atoms with E-state index in [4.69, 9.17) is 14.5 Å². The molecule has 5 nitrogen and oxygen atoms in total. The largest absolute Gasteiger partial charge is 0.474 e. The van der Waals surface area contributed by atoms with Crippen LogP contribution in [0.25, 0.3) is 0 Å². The molecule has 0 saturated carbocycles. The van der Waals surface area contributed by atoms with E-state index in [1.165, 1.54) is 5.56 Å². The molecule has 0 fully saturated rings. The lowest BCUT2D eigenvalue weighted by Crippen LogP contribution is -2.10. The van der Waals surface area contributed by atoms with Crippen LogP contribution in [-0.2, 0) is 15.9 Å². The second kappa shape index (κ2) is 7.05. The van der Waals surface area contributed by atoms with Crippen LogP contribution in [0.4, 0.5) is 0 Å². The average Bonchev–Trinajstić information content (AvgIpc) is 3.32. The SMILES string of the molecule is CC[C@H]1COC(c2cccc(C3=N[C@@H](Cc4ccccc4)CO3)n2)=N1. The van der Waals surface area contributed by atoms with Gasteiger partial charge in [0.2, 0.25) is 11.8 Å². The van der Waals surface area contributed by atoms with Crippen molar-refractivity contribution in [1.82, 2.24) is 4.98 Å². The Kier molecular flexibility index (Phi) is 4.46. The predicted molar refractivity (Wildman–Crippen MR) is 97.2 cm³/mol. The van der Waals surface area contributed by atoms with Gasteiger partial charge in [-0.2, -0.15) is 0 Å². The first-order valence-electron chi connectivity index (χ1n) is 8.74. The number of nitrogens with zero attached hydrogens (tertiary/aromatic N) is 3. The average molecular weight is 335 g/mol. The number of aromatic nitrogens is 1. The molecule has 3 heterocycles. The van der Waals surface area contributed by atoms with Gasteiger partial charge in [0.15, 0.2) is 0 Å². The van der Waals surface area contributed by atoms with E-state index >= 15 is 0 Å². The minimum Gasteiger partial charge on any atom is -0.474 e. The number of hydrogen-bond acceptors (Lipinski definition) is 5. The van der Waals surface area contributed by atoms with Crippen molar-refractivity contribution < 1.29 is 9.47 Å². The summed E-state index contributed by atoms with van der Waals surface area (Å²) in [4.78, 5) is 13.9. The number of hydrogen-bond donors (Lipinski definition) is 0. The summed E-state index contributed by atoms with van der Waals surface area (Å²) in [7, 11) is 0. The second-order valence-corrected chi connectivity index (χ2v) is 6.30. The van der Waals surface area contributed by atoms with E-state index in [2.05, 4.69) is 29.0 Å². The van der Waals surface area contributed by atoms with E-state index in [0.717, 1.165) is 24.2 Å². The lowest BCUT2D eigenvalue weighted by atomic mass is 10.1. The second-order valence-electron chi connectivity index (χ2n) is 6.30. The zero-order chi connectivity index (χ0) is 17.1. The predicted octanol–water partition coefficient (Wildman–Crippen LogP) is 3.03. The number of ether oxygens (including phenoxy) is 2. The van der Waals surface area contributed by atoms with Gasteiger partial charge in [-0.3, -0.25) is 0 Å². The third-order valence-electron chi connectivity index (χ3n) is 4.40. The van der Waals surface area contributed by atoms with E-state index in [9.17, 15) is 0 Å². The normalized spacial score (nSPS) is 22.1. The minimum absolute atomic E-state index is 0.132. The van der Waals surface area contributed by atoms with Gasteiger partial charge in [-0.05, 0) is 30.5 Å². The van der Waals surface area contributed by atoms with Gasteiger partial charge in [0.1, 0.15) is 24.6 Å². The summed E-state index contributed by atoms with van der Waals surface area (Å²) in [5.74, 6) is 1.22. The first kappa shape index (κ1) is 15.8. The van der Waals surface area contributed by atoms with Crippen LogP contribution in [0.1, 0.15) is 30.3 Å². The molecule has 4 rings (SSSR count). The van der Waals surface area contributed by atoms with Crippen molar-refractivity contribution in [3.05, 3.63) is 65.5 Å². The van der Waals surface area contributed by atoms with Crippen molar-refractivity contribution in [1.29, 1.82) is 0 Å². The van der Waals surface area contributed by atoms with Gasteiger partial charge < -0.3 is 9.47 Å². The highest BCUT2D eigenvalue weighted by molar-refractivity contribution is 5.97. The molecule has 1 aromatic carbocycles. The molecule has 25 heavy (non-hydrogen) atoms. The zero-order valence-corrected chi connectivity index (χ0v) is 14.3. The van der Waals surface area contributed by atoms with Crippen LogP contribution in [0, 0.1) is 0 Å². The molecule has 0 unspecified atom stereocenters. The topological polar surface area (TPSA) is 56.1 Å². The first-order chi connectivity index (χ1) is 12.3. The Bertz CT molecular complexity index is 802. The summed E-state index contributed by atoms with van der Waals surface area (Å²) in [6, 6.07) is 16.5. The Hall–Kier alpha value is -2.69. The molecule has 5 heteroatoms. The highest BCUT2D eigenvalue weighted by Crippen LogP contribution is 2.17. The van der Waals surface area contributed by atoms with E-state index in [0.29, 0.717) is 25.0 Å². The quantitative estimate of drug-likeness (QED) is 0.844. The molecular formula is C20H21N3O2. The van der Waals surface area contributed by atoms with Crippen molar-refractivity contribution in [2.24, 2.45) is 9.98 Å². The first-order valence-corrected chi connectivity index (χ1v) is 8.74. The van der Waals surface area contributed by atoms with Gasteiger partial charge in [0, 0.05) is 0 Å². The standard InChI is InChI=1S/C20H21N3O2/c1-2-15-12-24-19(21-15)17-9-6-10-18(23-17)20-22-16(13-25-20)11-14-7-4-3-5-8-14/h3-10,15-16H,2,11-13H2,1H3/t15-,16-/m0/s1. The molecule has 2 atom stereocenters. The lowest BCUT2D eigenvalue weighted by molar-refractivity contribution is 0.313. The van der Waals surface area contributed by atoms with Crippen LogP contribution in [0.5, 0.6) is 0 Å². The number of aliphatic imine (C=N–C) groups is 2. The summed E-state index contributed by atoms with van der Waals surface area (Å²) in [6.45, 7) is 3.33. The van der Waals surface area contributed by atoms with E-state index < -0.39 is 0 Å². The highest BCUT2D eigenvalue weighted by Gasteiger charge is 2.23. The molecule has 0 N–H and O–H groups in total. The Morgan fingerprint density at radius 1 is 0.840 bits per heavy atom. The molecule has 2 aliphatic heterocycles. The van der Waals surface area contributed by atoms with Crippen LogP contribution in [0.3, 0.4) is 0 Å². The molecule has 0 aliphatic carbocycles. The number of pyridine rings is 1. The fraction of sp³-hybridized carbons (Fsp3) is 0.350. The van der Waals surface area contributed by atoms with Crippen LogP contribution in [0.2, 0.25) is 0 Å². The van der Waals surface area contributed by atoms with E-state index in [1.807, 2.05) is 36.4 Å². The maximum absolute atomic E-state index is 5.79. The summed E-state index contributed by atoms with van der Waals surface area (Å²) in [6.07, 6.45) is 1.85. The lowest BCUT2D eigenvalue weighted by Gasteiger charge is -2.04.